The summed E-state index contributed by atoms with van der Waals surface area (Å²) in [5.74, 6) is 2.21. The highest BCUT2D eigenvalue weighted by Crippen LogP contribution is 2.64. The first-order valence-electron chi connectivity index (χ1n) is 10.9. The van der Waals surface area contributed by atoms with Gasteiger partial charge in [-0.25, -0.2) is 0 Å². The van der Waals surface area contributed by atoms with E-state index in [9.17, 15) is 9.59 Å². The molecule has 3 unspecified atom stereocenters. The van der Waals surface area contributed by atoms with Gasteiger partial charge in [-0.2, -0.15) is 0 Å². The molecule has 3 fully saturated rings. The predicted molar refractivity (Wildman–Crippen MR) is 103 cm³/mol. The molecule has 4 aliphatic rings. The second-order valence-electron chi connectivity index (χ2n) is 9.86. The number of aliphatic hydroxyl groups is 1. The van der Waals surface area contributed by atoms with E-state index in [2.05, 4.69) is 19.9 Å². The molecule has 0 heterocycles. The average Bonchev–Trinajstić information content (AvgIpc) is 2.95. The number of carbonyl (C=O) groups excluding carboxylic acids is 2. The van der Waals surface area contributed by atoms with E-state index in [1.807, 2.05) is 0 Å². The van der Waals surface area contributed by atoms with Crippen molar-refractivity contribution in [1.29, 1.82) is 0 Å². The molecule has 6 atom stereocenters. The topological polar surface area (TPSA) is 63.6 Å². The zero-order valence-electron chi connectivity index (χ0n) is 16.8. The van der Waals surface area contributed by atoms with Crippen LogP contribution in [0.15, 0.2) is 11.6 Å². The predicted octanol–water partition coefficient (Wildman–Crippen LogP) is 4.20. The molecular weight excluding hydrogens is 340 g/mol. The van der Waals surface area contributed by atoms with E-state index in [-0.39, 0.29) is 29.5 Å². The van der Waals surface area contributed by atoms with Crippen LogP contribution in [-0.2, 0) is 14.3 Å². The van der Waals surface area contributed by atoms with Crippen molar-refractivity contribution in [3.63, 3.8) is 0 Å². The van der Waals surface area contributed by atoms with Crippen molar-refractivity contribution in [2.75, 3.05) is 6.61 Å². The van der Waals surface area contributed by atoms with Crippen LogP contribution in [0.3, 0.4) is 0 Å². The average molecular weight is 375 g/mol. The maximum atomic E-state index is 12.5. The van der Waals surface area contributed by atoms with E-state index in [4.69, 9.17) is 9.84 Å². The lowest BCUT2D eigenvalue weighted by Crippen LogP contribution is -2.50. The van der Waals surface area contributed by atoms with Crippen molar-refractivity contribution in [2.24, 2.45) is 28.6 Å². The third kappa shape index (κ3) is 3.08. The number of ketones is 1. The number of Topliss-reactive ketones (excluding diaryl/α,β-unsaturated/α-hetero) is 1. The van der Waals surface area contributed by atoms with Gasteiger partial charge in [0.1, 0.15) is 11.9 Å². The minimum Gasteiger partial charge on any atom is -0.462 e. The second-order valence-corrected chi connectivity index (χ2v) is 9.86. The van der Waals surface area contributed by atoms with E-state index < -0.39 is 0 Å². The van der Waals surface area contributed by atoms with Gasteiger partial charge in [-0.15, -0.1) is 0 Å². The first kappa shape index (κ1) is 19.2. The molecule has 0 aromatic rings. The van der Waals surface area contributed by atoms with Crippen molar-refractivity contribution < 1.29 is 19.4 Å². The quantitative estimate of drug-likeness (QED) is 0.592. The van der Waals surface area contributed by atoms with Crippen molar-refractivity contribution in [3.8, 4) is 0 Å². The van der Waals surface area contributed by atoms with Crippen LogP contribution in [0.5, 0.6) is 0 Å². The van der Waals surface area contributed by atoms with Crippen molar-refractivity contribution in [3.05, 3.63) is 11.6 Å². The highest BCUT2D eigenvalue weighted by atomic mass is 16.5. The molecule has 0 aromatic carbocycles. The van der Waals surface area contributed by atoms with Crippen LogP contribution in [0.1, 0.15) is 78.1 Å². The fourth-order valence-electron chi connectivity index (χ4n) is 6.97. The normalized spacial score (nSPS) is 43.4. The number of allylic oxidation sites excluding steroid dienone is 1. The number of hydrogen-bond acceptors (Lipinski definition) is 4. The molecule has 0 radical (unpaired) electrons. The summed E-state index contributed by atoms with van der Waals surface area (Å²) in [4.78, 5) is 24.5. The fraction of sp³-hybridized carbons (Fsp3) is 0.826. The Bertz CT molecular complexity index is 653. The number of fused-ring (bicyclic) bond motifs is 5. The molecule has 4 nitrogen and oxygen atoms in total. The van der Waals surface area contributed by atoms with Gasteiger partial charge in [-0.1, -0.05) is 25.5 Å². The van der Waals surface area contributed by atoms with E-state index in [1.165, 1.54) is 5.57 Å². The molecule has 0 amide bonds. The number of carbonyl (C=O) groups is 2. The summed E-state index contributed by atoms with van der Waals surface area (Å²) >= 11 is 0. The molecule has 4 heteroatoms. The van der Waals surface area contributed by atoms with Crippen LogP contribution in [-0.4, -0.2) is 29.6 Å². The highest BCUT2D eigenvalue weighted by molar-refractivity contribution is 5.87. The molecule has 150 valence electrons. The van der Waals surface area contributed by atoms with Crippen LogP contribution in [0.4, 0.5) is 0 Å². The first-order chi connectivity index (χ1) is 12.9. The summed E-state index contributed by atoms with van der Waals surface area (Å²) in [6, 6.07) is 0. The lowest BCUT2D eigenvalue weighted by Gasteiger charge is -2.56. The number of aliphatic hydroxyl groups excluding tert-OH is 1. The summed E-state index contributed by atoms with van der Waals surface area (Å²) in [6.45, 7) is 4.70. The van der Waals surface area contributed by atoms with Gasteiger partial charge in [0, 0.05) is 31.3 Å². The van der Waals surface area contributed by atoms with E-state index >= 15 is 0 Å². The number of ether oxygens (including phenoxy) is 1. The molecule has 1 N–H and O–H groups in total. The molecule has 4 aliphatic carbocycles. The molecule has 0 spiro atoms. The molecule has 3 saturated carbocycles. The summed E-state index contributed by atoms with van der Waals surface area (Å²) in [5, 5.41) is 8.88. The minimum atomic E-state index is -0.176. The third-order valence-corrected chi connectivity index (χ3v) is 8.60. The number of esters is 1. The molecular formula is C23H34O4. The molecule has 4 rings (SSSR count). The van der Waals surface area contributed by atoms with Gasteiger partial charge in [0.05, 0.1) is 0 Å². The van der Waals surface area contributed by atoms with Crippen LogP contribution in [0, 0.1) is 28.6 Å². The molecule has 0 saturated heterocycles. The van der Waals surface area contributed by atoms with Gasteiger partial charge in [0.15, 0.2) is 0 Å². The Kier molecular flexibility index (Phi) is 4.99. The highest BCUT2D eigenvalue weighted by Gasteiger charge is 2.58. The Labute approximate surface area is 162 Å². The summed E-state index contributed by atoms with van der Waals surface area (Å²) < 4.78 is 5.69. The van der Waals surface area contributed by atoms with Gasteiger partial charge < -0.3 is 9.84 Å². The summed E-state index contributed by atoms with van der Waals surface area (Å²) in [5.41, 5.74) is 1.63. The van der Waals surface area contributed by atoms with Crippen LogP contribution >= 0.6 is 0 Å². The van der Waals surface area contributed by atoms with Crippen LogP contribution in [0.25, 0.3) is 0 Å². The third-order valence-electron chi connectivity index (χ3n) is 8.60. The SMILES string of the molecule is C[C@]12CC[C@@H](OC(=O)CCCO)CC1=CCC1C2CC[C@]2(C)C(=O)CCC12. The van der Waals surface area contributed by atoms with E-state index in [1.54, 1.807) is 0 Å². The lowest BCUT2D eigenvalue weighted by atomic mass is 9.48. The zero-order chi connectivity index (χ0) is 19.2. The second kappa shape index (κ2) is 7.02. The largest absolute Gasteiger partial charge is 0.462 e. The minimum absolute atomic E-state index is 0.00557. The monoisotopic (exact) mass is 374 g/mol. The van der Waals surface area contributed by atoms with Gasteiger partial charge in [-0.3, -0.25) is 9.59 Å². The maximum absolute atomic E-state index is 12.5. The van der Waals surface area contributed by atoms with Crippen molar-refractivity contribution in [1.82, 2.24) is 0 Å². The van der Waals surface area contributed by atoms with Crippen molar-refractivity contribution in [2.45, 2.75) is 84.2 Å². The molecule has 0 aliphatic heterocycles. The van der Waals surface area contributed by atoms with E-state index in [0.717, 1.165) is 51.4 Å². The lowest BCUT2D eigenvalue weighted by molar-refractivity contribution is -0.151. The van der Waals surface area contributed by atoms with E-state index in [0.29, 0.717) is 36.4 Å². The van der Waals surface area contributed by atoms with Gasteiger partial charge in [0.25, 0.3) is 0 Å². The summed E-state index contributed by atoms with van der Waals surface area (Å²) in [7, 11) is 0. The number of rotatable bonds is 4. The van der Waals surface area contributed by atoms with Gasteiger partial charge in [0.2, 0.25) is 0 Å². The molecule has 0 bridgehead atoms. The smallest absolute Gasteiger partial charge is 0.306 e. The maximum Gasteiger partial charge on any atom is 0.306 e. The summed E-state index contributed by atoms with van der Waals surface area (Å²) in [6.07, 6.45) is 11.3. The van der Waals surface area contributed by atoms with Gasteiger partial charge >= 0.3 is 5.97 Å². The Hall–Kier alpha value is -1.16. The number of hydrogen-bond donors (Lipinski definition) is 1. The standard InChI is InChI=1S/C23H34O4/c1-22-11-9-16(27-21(26)4-3-13-24)14-15(22)5-6-17-18-7-8-20(25)23(18,2)12-10-19(17)22/h5,16-19,24H,3-4,6-14H2,1-2H3/t16-,17?,18?,19?,22+,23+/m1/s1. The zero-order valence-corrected chi connectivity index (χ0v) is 16.8. The Morgan fingerprint density at radius 3 is 2.70 bits per heavy atom. The Morgan fingerprint density at radius 1 is 1.19 bits per heavy atom. The fourth-order valence-corrected chi connectivity index (χ4v) is 6.97. The van der Waals surface area contributed by atoms with Crippen LogP contribution < -0.4 is 0 Å². The molecule has 27 heavy (non-hydrogen) atoms. The first-order valence-corrected chi connectivity index (χ1v) is 10.9. The Morgan fingerprint density at radius 2 is 1.93 bits per heavy atom. The molecule has 0 aromatic heterocycles. The van der Waals surface area contributed by atoms with Crippen molar-refractivity contribution >= 4 is 11.8 Å². The van der Waals surface area contributed by atoms with Crippen LogP contribution in [0.2, 0.25) is 0 Å². The van der Waals surface area contributed by atoms with Gasteiger partial charge in [-0.05, 0) is 68.1 Å². The Balaban J connectivity index is 1.48.